The summed E-state index contributed by atoms with van der Waals surface area (Å²) < 4.78 is 3.58. The number of amides is 1. The fourth-order valence-electron chi connectivity index (χ4n) is 3.66. The highest BCUT2D eigenvalue weighted by Gasteiger charge is 2.36. The Morgan fingerprint density at radius 3 is 2.41 bits per heavy atom. The number of hydrogen-bond donors (Lipinski definition) is 1. The van der Waals surface area contributed by atoms with E-state index in [1.165, 1.54) is 0 Å². The number of halogens is 1. The molecule has 1 aromatic carbocycles. The van der Waals surface area contributed by atoms with Crippen molar-refractivity contribution >= 4 is 17.5 Å². The highest BCUT2D eigenvalue weighted by molar-refractivity contribution is 6.30. The largest absolute Gasteiger partial charge is 0.385 e. The molecule has 0 aliphatic carbocycles. The minimum absolute atomic E-state index is 0.0649. The summed E-state index contributed by atoms with van der Waals surface area (Å²) in [5.74, 6) is 0.675. The number of likely N-dealkylation sites (tertiary alicyclic amines) is 1. The Labute approximate surface area is 162 Å². The summed E-state index contributed by atoms with van der Waals surface area (Å²) in [6, 6.07) is 11.1. The average molecular weight is 385 g/mol. The molecule has 4 rings (SSSR count). The Morgan fingerprint density at radius 1 is 1.15 bits per heavy atom. The first-order valence-corrected chi connectivity index (χ1v) is 9.29. The number of benzene rings is 1. The number of carbonyl (C=O) groups is 1. The van der Waals surface area contributed by atoms with Gasteiger partial charge in [-0.15, -0.1) is 0 Å². The van der Waals surface area contributed by atoms with Crippen LogP contribution in [0.2, 0.25) is 5.02 Å². The van der Waals surface area contributed by atoms with Crippen molar-refractivity contribution in [1.82, 2.24) is 19.2 Å². The Hall–Kier alpha value is -2.57. The van der Waals surface area contributed by atoms with E-state index in [-0.39, 0.29) is 5.91 Å². The molecule has 0 saturated carbocycles. The molecule has 1 aliphatic heterocycles. The molecule has 0 atom stereocenters. The number of aryl methyl sites for hydroxylation is 1. The van der Waals surface area contributed by atoms with Gasteiger partial charge in [-0.1, -0.05) is 23.7 Å². The molecule has 0 spiro atoms. The molecule has 27 heavy (non-hydrogen) atoms. The van der Waals surface area contributed by atoms with Crippen LogP contribution in [-0.2, 0) is 12.6 Å². The standard InChI is InChI=1S/C20H21ClN4O2/c1-23-18(24-10-2-3-11-24)17(14-22-23)19(26)25-12-8-20(27,9-13-25)15-4-6-16(21)7-5-15/h2-7,10-11,14,27H,8-9,12-13H2,1H3. The van der Waals surface area contributed by atoms with E-state index in [0.717, 1.165) is 11.4 Å². The van der Waals surface area contributed by atoms with Gasteiger partial charge in [0.25, 0.3) is 5.91 Å². The van der Waals surface area contributed by atoms with E-state index in [1.54, 1.807) is 27.9 Å². The first-order chi connectivity index (χ1) is 13.0. The van der Waals surface area contributed by atoms with E-state index in [1.807, 2.05) is 48.3 Å². The molecule has 140 valence electrons. The summed E-state index contributed by atoms with van der Waals surface area (Å²) >= 11 is 5.94. The Balaban J connectivity index is 1.52. The number of piperidine rings is 1. The first kappa shape index (κ1) is 17.8. The first-order valence-electron chi connectivity index (χ1n) is 8.91. The summed E-state index contributed by atoms with van der Waals surface area (Å²) in [7, 11) is 1.82. The normalized spacial score (nSPS) is 16.5. The van der Waals surface area contributed by atoms with Crippen molar-refractivity contribution in [2.75, 3.05) is 13.1 Å². The van der Waals surface area contributed by atoms with Crippen molar-refractivity contribution in [2.45, 2.75) is 18.4 Å². The van der Waals surface area contributed by atoms with Gasteiger partial charge in [-0.2, -0.15) is 5.10 Å². The molecule has 7 heteroatoms. The lowest BCUT2D eigenvalue weighted by Crippen LogP contribution is -2.45. The fraction of sp³-hybridized carbons (Fsp3) is 0.300. The molecule has 0 radical (unpaired) electrons. The van der Waals surface area contributed by atoms with Gasteiger partial charge in [-0.25, -0.2) is 0 Å². The molecular weight excluding hydrogens is 364 g/mol. The van der Waals surface area contributed by atoms with E-state index in [4.69, 9.17) is 11.6 Å². The third-order valence-electron chi connectivity index (χ3n) is 5.25. The van der Waals surface area contributed by atoms with E-state index in [9.17, 15) is 9.90 Å². The molecule has 2 aromatic heterocycles. The number of carbonyl (C=O) groups excluding carboxylic acids is 1. The number of nitrogens with zero attached hydrogens (tertiary/aromatic N) is 4. The van der Waals surface area contributed by atoms with Crippen LogP contribution in [0.25, 0.3) is 5.82 Å². The SMILES string of the molecule is Cn1ncc(C(=O)N2CCC(O)(c3ccc(Cl)cc3)CC2)c1-n1cccc1. The van der Waals surface area contributed by atoms with Crippen LogP contribution >= 0.6 is 11.6 Å². The van der Waals surface area contributed by atoms with Gasteiger partial charge in [0.05, 0.1) is 11.8 Å². The Morgan fingerprint density at radius 2 is 1.78 bits per heavy atom. The second kappa shape index (κ2) is 6.87. The summed E-state index contributed by atoms with van der Waals surface area (Å²) in [6.07, 6.45) is 6.36. The maximum absolute atomic E-state index is 13.1. The van der Waals surface area contributed by atoms with Crippen molar-refractivity contribution in [3.8, 4) is 5.82 Å². The van der Waals surface area contributed by atoms with Crippen LogP contribution in [0.15, 0.2) is 55.0 Å². The summed E-state index contributed by atoms with van der Waals surface area (Å²) in [5, 5.41) is 15.9. The third-order valence-corrected chi connectivity index (χ3v) is 5.50. The molecule has 3 heterocycles. The molecule has 1 amide bonds. The van der Waals surface area contributed by atoms with Gasteiger partial charge in [-0.3, -0.25) is 9.48 Å². The summed E-state index contributed by atoms with van der Waals surface area (Å²) in [5.41, 5.74) is 0.471. The van der Waals surface area contributed by atoms with Crippen LogP contribution in [0.4, 0.5) is 0 Å². The van der Waals surface area contributed by atoms with E-state index >= 15 is 0 Å². The van der Waals surface area contributed by atoms with Crippen molar-refractivity contribution in [2.24, 2.45) is 7.05 Å². The molecule has 1 fully saturated rings. The van der Waals surface area contributed by atoms with E-state index < -0.39 is 5.60 Å². The zero-order chi connectivity index (χ0) is 19.0. The van der Waals surface area contributed by atoms with Gasteiger partial charge in [0.2, 0.25) is 0 Å². The van der Waals surface area contributed by atoms with Gasteiger partial charge in [0.1, 0.15) is 11.4 Å². The Bertz CT molecular complexity index is 939. The third kappa shape index (κ3) is 3.26. The second-order valence-electron chi connectivity index (χ2n) is 6.93. The van der Waals surface area contributed by atoms with Crippen molar-refractivity contribution < 1.29 is 9.90 Å². The lowest BCUT2D eigenvalue weighted by Gasteiger charge is -2.38. The predicted molar refractivity (Wildman–Crippen MR) is 103 cm³/mol. The molecule has 3 aromatic rings. The van der Waals surface area contributed by atoms with Crippen molar-refractivity contribution in [1.29, 1.82) is 0 Å². The number of rotatable bonds is 3. The minimum Gasteiger partial charge on any atom is -0.385 e. The zero-order valence-electron chi connectivity index (χ0n) is 15.0. The van der Waals surface area contributed by atoms with Crippen LogP contribution < -0.4 is 0 Å². The molecule has 1 saturated heterocycles. The van der Waals surface area contributed by atoms with Gasteiger partial charge in [0.15, 0.2) is 0 Å². The lowest BCUT2D eigenvalue weighted by molar-refractivity contribution is -0.0211. The van der Waals surface area contributed by atoms with Crippen molar-refractivity contribution in [3.05, 3.63) is 71.1 Å². The number of aromatic nitrogens is 3. The van der Waals surface area contributed by atoms with Crippen LogP contribution in [0.3, 0.4) is 0 Å². The van der Waals surface area contributed by atoms with E-state index in [0.29, 0.717) is 36.5 Å². The monoisotopic (exact) mass is 384 g/mol. The summed E-state index contributed by atoms with van der Waals surface area (Å²) in [6.45, 7) is 0.968. The molecule has 0 unspecified atom stereocenters. The fourth-order valence-corrected chi connectivity index (χ4v) is 3.79. The molecule has 0 bridgehead atoms. The highest BCUT2D eigenvalue weighted by Crippen LogP contribution is 2.34. The van der Waals surface area contributed by atoms with Gasteiger partial charge in [0, 0.05) is 37.6 Å². The topological polar surface area (TPSA) is 63.3 Å². The number of aliphatic hydroxyl groups is 1. The predicted octanol–water partition coefficient (Wildman–Crippen LogP) is 2.99. The van der Waals surface area contributed by atoms with Crippen LogP contribution in [0.1, 0.15) is 28.8 Å². The highest BCUT2D eigenvalue weighted by atomic mass is 35.5. The lowest BCUT2D eigenvalue weighted by atomic mass is 9.84. The van der Waals surface area contributed by atoms with Gasteiger partial charge >= 0.3 is 0 Å². The summed E-state index contributed by atoms with van der Waals surface area (Å²) in [4.78, 5) is 14.9. The van der Waals surface area contributed by atoms with Gasteiger partial charge in [-0.05, 0) is 42.7 Å². The maximum atomic E-state index is 13.1. The van der Waals surface area contributed by atoms with Crippen LogP contribution in [-0.4, -0.2) is 43.4 Å². The average Bonchev–Trinajstić information content (AvgIpc) is 3.31. The number of hydrogen-bond acceptors (Lipinski definition) is 3. The molecule has 1 aliphatic rings. The molecule has 6 nitrogen and oxygen atoms in total. The Kier molecular flexibility index (Phi) is 4.53. The smallest absolute Gasteiger partial charge is 0.259 e. The quantitative estimate of drug-likeness (QED) is 0.755. The minimum atomic E-state index is -0.931. The second-order valence-corrected chi connectivity index (χ2v) is 7.36. The maximum Gasteiger partial charge on any atom is 0.259 e. The van der Waals surface area contributed by atoms with Crippen molar-refractivity contribution in [3.63, 3.8) is 0 Å². The molecular formula is C20H21ClN4O2. The van der Waals surface area contributed by atoms with Gasteiger partial charge < -0.3 is 14.6 Å². The molecule has 1 N–H and O–H groups in total. The van der Waals surface area contributed by atoms with E-state index in [2.05, 4.69) is 5.10 Å². The van der Waals surface area contributed by atoms with Crippen LogP contribution in [0, 0.1) is 0 Å². The zero-order valence-corrected chi connectivity index (χ0v) is 15.8. The van der Waals surface area contributed by atoms with Crippen LogP contribution in [0.5, 0.6) is 0 Å².